The molecule has 0 spiro atoms. The lowest BCUT2D eigenvalue weighted by molar-refractivity contribution is 0.101. The van der Waals surface area contributed by atoms with Gasteiger partial charge in [0, 0.05) is 23.6 Å². The average molecular weight is 427 g/mol. The molecule has 2 saturated carbocycles. The van der Waals surface area contributed by atoms with E-state index in [1.54, 1.807) is 0 Å². The number of nitrogens with zero attached hydrogens (tertiary/aromatic N) is 1. The highest BCUT2D eigenvalue weighted by Gasteiger charge is 2.43. The van der Waals surface area contributed by atoms with Crippen LogP contribution in [0.1, 0.15) is 47.7 Å². The van der Waals surface area contributed by atoms with Crippen LogP contribution < -0.4 is 5.32 Å². The Morgan fingerprint density at radius 2 is 1.83 bits per heavy atom. The molecule has 0 radical (unpaired) electrons. The maximum absolute atomic E-state index is 13.5. The summed E-state index contributed by atoms with van der Waals surface area (Å²) in [6, 6.07) is 12.3. The third-order valence-corrected chi connectivity index (χ3v) is 7.23. The number of aryl methyl sites for hydroxylation is 1. The number of carbonyl (C=O) groups excluding carboxylic acids is 1. The molecule has 2 aliphatic rings. The lowest BCUT2D eigenvalue weighted by atomic mass is 9.91. The number of rotatable bonds is 3. The number of aromatic nitrogens is 1. The number of aliphatic hydroxyl groups is 1. The fourth-order valence-electron chi connectivity index (χ4n) is 5.69. The number of halogens is 2. The molecule has 3 aromatic rings. The van der Waals surface area contributed by atoms with Crippen molar-refractivity contribution in [3.8, 4) is 0 Å². The topological polar surface area (TPSA) is 54.3 Å². The first-order chi connectivity index (χ1) is 14.4. The van der Waals surface area contributed by atoms with Crippen molar-refractivity contribution in [3.63, 3.8) is 0 Å². The van der Waals surface area contributed by atoms with Crippen LogP contribution in [0.4, 0.5) is 10.1 Å². The summed E-state index contributed by atoms with van der Waals surface area (Å²) in [5, 5.41) is 14.0. The average Bonchev–Trinajstić information content (AvgIpc) is 3.34. The van der Waals surface area contributed by atoms with Crippen LogP contribution in [0.15, 0.2) is 42.5 Å². The maximum atomic E-state index is 13.5. The number of hydrogen-bond donors (Lipinski definition) is 2. The Bertz CT molecular complexity index is 1130. The van der Waals surface area contributed by atoms with Gasteiger partial charge in [-0.3, -0.25) is 4.79 Å². The Morgan fingerprint density at radius 1 is 1.13 bits per heavy atom. The number of hydrogen-bond acceptors (Lipinski definition) is 2. The number of benzene rings is 2. The predicted octanol–water partition coefficient (Wildman–Crippen LogP) is 5.49. The van der Waals surface area contributed by atoms with Crippen molar-refractivity contribution in [2.24, 2.45) is 18.9 Å². The van der Waals surface area contributed by atoms with Gasteiger partial charge in [-0.2, -0.15) is 0 Å². The zero-order valence-corrected chi connectivity index (χ0v) is 17.5. The number of nitrogens with one attached hydrogen (secondary N) is 1. The molecule has 1 amide bonds. The second-order valence-corrected chi connectivity index (χ2v) is 9.14. The van der Waals surface area contributed by atoms with E-state index >= 15 is 0 Å². The largest absolute Gasteiger partial charge is 0.393 e. The summed E-state index contributed by atoms with van der Waals surface area (Å²) in [6.45, 7) is 0. The van der Waals surface area contributed by atoms with Crippen molar-refractivity contribution in [1.29, 1.82) is 0 Å². The van der Waals surface area contributed by atoms with Gasteiger partial charge in [0.1, 0.15) is 11.5 Å². The van der Waals surface area contributed by atoms with Gasteiger partial charge in [-0.05, 0) is 73.3 Å². The Hall–Kier alpha value is -2.37. The Labute approximate surface area is 179 Å². The number of fused-ring (bicyclic) bond motifs is 2. The van der Waals surface area contributed by atoms with Crippen LogP contribution in [0.5, 0.6) is 0 Å². The first-order valence-corrected chi connectivity index (χ1v) is 10.8. The fraction of sp³-hybridized carbons (Fsp3) is 0.375. The molecule has 4 nitrogen and oxygen atoms in total. The van der Waals surface area contributed by atoms with Gasteiger partial charge >= 0.3 is 0 Å². The highest BCUT2D eigenvalue weighted by atomic mass is 35.5. The van der Waals surface area contributed by atoms with E-state index < -0.39 is 5.82 Å². The van der Waals surface area contributed by atoms with Crippen LogP contribution in [0.25, 0.3) is 10.9 Å². The second-order valence-electron chi connectivity index (χ2n) is 8.74. The van der Waals surface area contributed by atoms with Gasteiger partial charge in [-0.1, -0.05) is 29.8 Å². The van der Waals surface area contributed by atoms with Crippen LogP contribution >= 0.6 is 11.6 Å². The maximum Gasteiger partial charge on any atom is 0.272 e. The van der Waals surface area contributed by atoms with Crippen molar-refractivity contribution in [1.82, 2.24) is 4.57 Å². The summed E-state index contributed by atoms with van der Waals surface area (Å²) in [6.07, 6.45) is 3.54. The number of para-hydroxylation sites is 1. The molecule has 6 heteroatoms. The minimum Gasteiger partial charge on any atom is -0.393 e. The molecule has 0 aliphatic heterocycles. The molecule has 30 heavy (non-hydrogen) atoms. The molecule has 2 unspecified atom stereocenters. The number of carbonyl (C=O) groups is 1. The van der Waals surface area contributed by atoms with Gasteiger partial charge in [0.2, 0.25) is 0 Å². The summed E-state index contributed by atoms with van der Waals surface area (Å²) in [4.78, 5) is 13.4. The monoisotopic (exact) mass is 426 g/mol. The van der Waals surface area contributed by atoms with Gasteiger partial charge in [-0.25, -0.2) is 4.39 Å². The van der Waals surface area contributed by atoms with Crippen LogP contribution in [0, 0.1) is 17.7 Å². The third kappa shape index (κ3) is 3.21. The standard InChI is InChI=1S/C24H24ClFN2O2/c1-28-21-5-3-2-4-18(21)22(15-8-13-10-17(29)11-14(13)9-15)23(28)24(30)27-16-6-7-20(26)19(25)12-16/h2-7,12-15,17,29H,8-11H2,1H3,(H,27,30). The van der Waals surface area contributed by atoms with Gasteiger partial charge < -0.3 is 15.0 Å². The fourth-order valence-corrected chi connectivity index (χ4v) is 5.88. The molecule has 156 valence electrons. The lowest BCUT2D eigenvalue weighted by Crippen LogP contribution is -2.18. The number of amides is 1. The summed E-state index contributed by atoms with van der Waals surface area (Å²) in [7, 11) is 1.91. The molecule has 2 N–H and O–H groups in total. The van der Waals surface area contributed by atoms with Crippen molar-refractivity contribution in [2.45, 2.75) is 37.7 Å². The summed E-state index contributed by atoms with van der Waals surface area (Å²) < 4.78 is 15.5. The van der Waals surface area contributed by atoms with Crippen LogP contribution in [0.3, 0.4) is 0 Å². The van der Waals surface area contributed by atoms with Gasteiger partial charge in [-0.15, -0.1) is 0 Å². The zero-order chi connectivity index (χ0) is 21.0. The Morgan fingerprint density at radius 3 is 2.53 bits per heavy atom. The minimum atomic E-state index is -0.514. The van der Waals surface area contributed by atoms with E-state index in [0.717, 1.165) is 42.1 Å². The first kappa shape index (κ1) is 19.6. The van der Waals surface area contributed by atoms with Crippen molar-refractivity contribution in [3.05, 3.63) is 64.6 Å². The second kappa shape index (κ2) is 7.40. The van der Waals surface area contributed by atoms with Crippen molar-refractivity contribution >= 4 is 34.1 Å². The summed E-state index contributed by atoms with van der Waals surface area (Å²) in [5.74, 6) is 0.603. The lowest BCUT2D eigenvalue weighted by Gasteiger charge is -2.16. The van der Waals surface area contributed by atoms with E-state index in [4.69, 9.17) is 11.6 Å². The van der Waals surface area contributed by atoms with E-state index in [0.29, 0.717) is 23.2 Å². The molecule has 1 aromatic heterocycles. The molecular weight excluding hydrogens is 403 g/mol. The van der Waals surface area contributed by atoms with Gasteiger partial charge in [0.15, 0.2) is 0 Å². The highest BCUT2D eigenvalue weighted by molar-refractivity contribution is 6.31. The minimum absolute atomic E-state index is 0.0211. The normalized spacial score (nSPS) is 25.6. The van der Waals surface area contributed by atoms with Crippen molar-refractivity contribution < 1.29 is 14.3 Å². The van der Waals surface area contributed by atoms with Crippen LogP contribution in [-0.4, -0.2) is 21.7 Å². The van der Waals surface area contributed by atoms with Crippen molar-refractivity contribution in [2.75, 3.05) is 5.32 Å². The predicted molar refractivity (Wildman–Crippen MR) is 116 cm³/mol. The molecule has 0 bridgehead atoms. The van der Waals surface area contributed by atoms with E-state index in [9.17, 15) is 14.3 Å². The van der Waals surface area contributed by atoms with Crippen LogP contribution in [-0.2, 0) is 7.05 Å². The Kier molecular flexibility index (Phi) is 4.83. The van der Waals surface area contributed by atoms with E-state index in [1.165, 1.54) is 18.2 Å². The number of aliphatic hydroxyl groups excluding tert-OH is 1. The smallest absolute Gasteiger partial charge is 0.272 e. The SMILES string of the molecule is Cn1c(C(=O)Nc2ccc(F)c(Cl)c2)c(C2CC3CC(O)CC3C2)c2ccccc21. The molecule has 2 atom stereocenters. The van der Waals surface area contributed by atoms with Crippen LogP contribution in [0.2, 0.25) is 5.02 Å². The molecular formula is C24H24ClFN2O2. The Balaban J connectivity index is 1.54. The summed E-state index contributed by atoms with van der Waals surface area (Å²) >= 11 is 5.89. The third-order valence-electron chi connectivity index (χ3n) is 6.94. The molecule has 2 fully saturated rings. The highest BCUT2D eigenvalue weighted by Crippen LogP contribution is 2.52. The van der Waals surface area contributed by atoms with E-state index in [2.05, 4.69) is 11.4 Å². The molecule has 5 rings (SSSR count). The zero-order valence-electron chi connectivity index (χ0n) is 16.7. The van der Waals surface area contributed by atoms with Gasteiger partial charge in [0.05, 0.1) is 11.1 Å². The van der Waals surface area contributed by atoms with E-state index in [-0.39, 0.29) is 23.0 Å². The molecule has 2 aromatic carbocycles. The first-order valence-electron chi connectivity index (χ1n) is 10.4. The number of anilines is 1. The molecule has 0 saturated heterocycles. The quantitative estimate of drug-likeness (QED) is 0.582. The summed E-state index contributed by atoms with van der Waals surface area (Å²) in [5.41, 5.74) is 3.21. The van der Waals surface area contributed by atoms with Gasteiger partial charge in [0.25, 0.3) is 5.91 Å². The molecule has 1 heterocycles. The van der Waals surface area contributed by atoms with E-state index in [1.807, 2.05) is 29.8 Å². The molecule has 2 aliphatic carbocycles.